The van der Waals surface area contributed by atoms with E-state index in [0.29, 0.717) is 12.0 Å². The summed E-state index contributed by atoms with van der Waals surface area (Å²) in [5.74, 6) is 0.579. The summed E-state index contributed by atoms with van der Waals surface area (Å²) in [5.41, 5.74) is -0.410. The molecule has 1 heterocycles. The molecule has 2 atom stereocenters. The first-order valence-corrected chi connectivity index (χ1v) is 8.46. The van der Waals surface area contributed by atoms with E-state index in [2.05, 4.69) is 18.9 Å². The number of hydrogen-bond donors (Lipinski definition) is 0. The molecule has 0 unspecified atom stereocenters. The Morgan fingerprint density at radius 2 is 1.90 bits per heavy atom. The van der Waals surface area contributed by atoms with Crippen LogP contribution in [0.25, 0.3) is 0 Å². The van der Waals surface area contributed by atoms with Crippen LogP contribution in [0, 0.1) is 5.92 Å². The SMILES string of the molecule is C[C@@H]1CC[C@H](CCN(C)C2CC2)N(C(=O)OC(C)(C)C)C1. The van der Waals surface area contributed by atoms with Crippen LogP contribution in [0.15, 0.2) is 0 Å². The number of rotatable bonds is 4. The van der Waals surface area contributed by atoms with Gasteiger partial charge in [0.15, 0.2) is 0 Å². The topological polar surface area (TPSA) is 32.8 Å². The van der Waals surface area contributed by atoms with Gasteiger partial charge in [0.25, 0.3) is 0 Å². The van der Waals surface area contributed by atoms with Gasteiger partial charge in [-0.15, -0.1) is 0 Å². The first-order valence-electron chi connectivity index (χ1n) is 8.46. The molecule has 0 aromatic heterocycles. The van der Waals surface area contributed by atoms with Gasteiger partial charge in [-0.2, -0.15) is 0 Å². The Hall–Kier alpha value is -0.770. The Kier molecular flexibility index (Phi) is 5.18. The minimum atomic E-state index is -0.410. The minimum absolute atomic E-state index is 0.131. The summed E-state index contributed by atoms with van der Waals surface area (Å²) in [4.78, 5) is 16.9. The highest BCUT2D eigenvalue weighted by atomic mass is 16.6. The lowest BCUT2D eigenvalue weighted by atomic mass is 9.92. The maximum Gasteiger partial charge on any atom is 0.410 e. The molecule has 2 rings (SSSR count). The first-order chi connectivity index (χ1) is 9.76. The van der Waals surface area contributed by atoms with E-state index >= 15 is 0 Å². The average Bonchev–Trinajstić information content (AvgIpc) is 3.19. The Balaban J connectivity index is 1.90. The highest BCUT2D eigenvalue weighted by Gasteiger charge is 2.34. The Labute approximate surface area is 129 Å². The molecule has 1 saturated heterocycles. The van der Waals surface area contributed by atoms with E-state index < -0.39 is 5.60 Å². The Morgan fingerprint density at radius 3 is 2.48 bits per heavy atom. The van der Waals surface area contributed by atoms with E-state index in [4.69, 9.17) is 4.74 Å². The molecule has 0 radical (unpaired) electrons. The van der Waals surface area contributed by atoms with Gasteiger partial charge >= 0.3 is 6.09 Å². The van der Waals surface area contributed by atoms with Crippen molar-refractivity contribution in [3.8, 4) is 0 Å². The highest BCUT2D eigenvalue weighted by molar-refractivity contribution is 5.68. The van der Waals surface area contributed by atoms with Gasteiger partial charge in [-0.05, 0) is 65.8 Å². The van der Waals surface area contributed by atoms with Crippen molar-refractivity contribution in [3.05, 3.63) is 0 Å². The number of carbonyl (C=O) groups is 1. The largest absolute Gasteiger partial charge is 0.444 e. The summed E-state index contributed by atoms with van der Waals surface area (Å²) in [5, 5.41) is 0. The summed E-state index contributed by atoms with van der Waals surface area (Å²) < 4.78 is 5.60. The van der Waals surface area contributed by atoms with E-state index in [1.807, 2.05) is 25.7 Å². The predicted octanol–water partition coefficient (Wildman–Crippen LogP) is 3.51. The van der Waals surface area contributed by atoms with Gasteiger partial charge in [-0.3, -0.25) is 0 Å². The smallest absolute Gasteiger partial charge is 0.410 e. The highest BCUT2D eigenvalue weighted by Crippen LogP contribution is 2.28. The lowest BCUT2D eigenvalue weighted by molar-refractivity contribution is 0.00187. The van der Waals surface area contributed by atoms with Crippen LogP contribution in [-0.4, -0.2) is 53.7 Å². The number of hydrogen-bond acceptors (Lipinski definition) is 3. The third-order valence-electron chi connectivity index (χ3n) is 4.56. The Morgan fingerprint density at radius 1 is 1.24 bits per heavy atom. The van der Waals surface area contributed by atoms with E-state index in [-0.39, 0.29) is 6.09 Å². The van der Waals surface area contributed by atoms with Crippen molar-refractivity contribution in [1.29, 1.82) is 0 Å². The van der Waals surface area contributed by atoms with Crippen molar-refractivity contribution in [3.63, 3.8) is 0 Å². The molecule has 4 heteroatoms. The number of carbonyl (C=O) groups excluding carboxylic acids is 1. The third-order valence-corrected chi connectivity index (χ3v) is 4.56. The zero-order valence-electron chi connectivity index (χ0n) is 14.4. The zero-order valence-corrected chi connectivity index (χ0v) is 14.4. The number of amides is 1. The fourth-order valence-electron chi connectivity index (χ4n) is 3.10. The molecule has 0 aromatic rings. The molecular formula is C17H32N2O2. The molecule has 0 spiro atoms. The summed E-state index contributed by atoms with van der Waals surface area (Å²) in [6, 6.07) is 1.14. The van der Waals surface area contributed by atoms with Crippen molar-refractivity contribution in [2.45, 2.75) is 77.5 Å². The van der Waals surface area contributed by atoms with Gasteiger partial charge in [-0.1, -0.05) is 6.92 Å². The maximum atomic E-state index is 12.5. The number of piperidine rings is 1. The molecular weight excluding hydrogens is 264 g/mol. The fraction of sp³-hybridized carbons (Fsp3) is 0.941. The molecule has 1 amide bonds. The molecule has 2 fully saturated rings. The van der Waals surface area contributed by atoms with E-state index in [1.54, 1.807) is 0 Å². The number of nitrogens with zero attached hydrogens (tertiary/aromatic N) is 2. The number of likely N-dealkylation sites (tertiary alicyclic amines) is 1. The zero-order chi connectivity index (χ0) is 15.6. The lowest BCUT2D eigenvalue weighted by Crippen LogP contribution is -2.49. The van der Waals surface area contributed by atoms with Crippen LogP contribution < -0.4 is 0 Å². The van der Waals surface area contributed by atoms with Crippen LogP contribution >= 0.6 is 0 Å². The van der Waals surface area contributed by atoms with Crippen LogP contribution in [0.1, 0.15) is 59.8 Å². The molecule has 1 aliphatic carbocycles. The van der Waals surface area contributed by atoms with Crippen molar-refractivity contribution in [1.82, 2.24) is 9.80 Å². The molecule has 0 aromatic carbocycles. The molecule has 0 bridgehead atoms. The van der Waals surface area contributed by atoms with Crippen LogP contribution in [0.4, 0.5) is 4.79 Å². The van der Waals surface area contributed by atoms with Crippen molar-refractivity contribution in [2.75, 3.05) is 20.1 Å². The second-order valence-corrected chi connectivity index (χ2v) is 7.97. The first kappa shape index (κ1) is 16.6. The van der Waals surface area contributed by atoms with Crippen LogP contribution in [0.2, 0.25) is 0 Å². The molecule has 21 heavy (non-hydrogen) atoms. The second-order valence-electron chi connectivity index (χ2n) is 7.97. The van der Waals surface area contributed by atoms with Gasteiger partial charge < -0.3 is 14.5 Å². The summed E-state index contributed by atoms with van der Waals surface area (Å²) in [6.45, 7) is 9.97. The molecule has 2 aliphatic rings. The van der Waals surface area contributed by atoms with Crippen molar-refractivity contribution < 1.29 is 9.53 Å². The second kappa shape index (κ2) is 6.55. The predicted molar refractivity (Wildman–Crippen MR) is 85.4 cm³/mol. The van der Waals surface area contributed by atoms with Crippen molar-refractivity contribution in [2.24, 2.45) is 5.92 Å². The van der Waals surface area contributed by atoms with Crippen LogP contribution in [0.5, 0.6) is 0 Å². The standard InChI is InChI=1S/C17H32N2O2/c1-13-6-7-15(10-11-18(5)14-8-9-14)19(12-13)16(20)21-17(2,3)4/h13-15H,6-12H2,1-5H3/t13-,15-/m1/s1. The van der Waals surface area contributed by atoms with Crippen LogP contribution in [0.3, 0.4) is 0 Å². The Bertz CT molecular complexity index is 360. The quantitative estimate of drug-likeness (QED) is 0.796. The van der Waals surface area contributed by atoms with Gasteiger partial charge in [0.1, 0.15) is 5.60 Å². The van der Waals surface area contributed by atoms with E-state index in [1.165, 1.54) is 19.3 Å². The fourth-order valence-corrected chi connectivity index (χ4v) is 3.10. The normalized spacial score (nSPS) is 27.0. The molecule has 1 aliphatic heterocycles. The average molecular weight is 296 g/mol. The maximum absolute atomic E-state index is 12.5. The summed E-state index contributed by atoms with van der Waals surface area (Å²) in [6.07, 6.45) is 5.95. The monoisotopic (exact) mass is 296 g/mol. The van der Waals surface area contributed by atoms with Gasteiger partial charge in [-0.25, -0.2) is 4.79 Å². The minimum Gasteiger partial charge on any atom is -0.444 e. The van der Waals surface area contributed by atoms with Gasteiger partial charge in [0.05, 0.1) is 0 Å². The van der Waals surface area contributed by atoms with Crippen molar-refractivity contribution >= 4 is 6.09 Å². The number of ether oxygens (including phenoxy) is 1. The van der Waals surface area contributed by atoms with Gasteiger partial charge in [0, 0.05) is 25.2 Å². The summed E-state index contributed by atoms with van der Waals surface area (Å²) in [7, 11) is 2.21. The molecule has 4 nitrogen and oxygen atoms in total. The molecule has 1 saturated carbocycles. The lowest BCUT2D eigenvalue weighted by Gasteiger charge is -2.40. The van der Waals surface area contributed by atoms with E-state index in [0.717, 1.165) is 32.0 Å². The third kappa shape index (κ3) is 5.17. The molecule has 122 valence electrons. The van der Waals surface area contributed by atoms with Crippen LogP contribution in [-0.2, 0) is 4.74 Å². The van der Waals surface area contributed by atoms with Gasteiger partial charge in [0.2, 0.25) is 0 Å². The molecule has 0 N–H and O–H groups in total. The van der Waals surface area contributed by atoms with E-state index in [9.17, 15) is 4.79 Å². The summed E-state index contributed by atoms with van der Waals surface area (Å²) >= 11 is 0.